The molecule has 0 radical (unpaired) electrons. The lowest BCUT2D eigenvalue weighted by Gasteiger charge is -2.34. The zero-order chi connectivity index (χ0) is 28.6. The number of hydrogen-bond acceptors (Lipinski definition) is 3. The van der Waals surface area contributed by atoms with Gasteiger partial charge in [0.1, 0.15) is 12.2 Å². The molecule has 0 amide bonds. The molecule has 0 unspecified atom stereocenters. The molecule has 0 aliphatic heterocycles. The van der Waals surface area contributed by atoms with Crippen molar-refractivity contribution in [2.45, 2.75) is 99.6 Å². The van der Waals surface area contributed by atoms with Gasteiger partial charge in [-0.3, -0.25) is 0 Å². The van der Waals surface area contributed by atoms with Crippen LogP contribution >= 0.6 is 0 Å². The van der Waals surface area contributed by atoms with Crippen LogP contribution in [0.2, 0.25) is 0 Å². The molecule has 0 spiro atoms. The van der Waals surface area contributed by atoms with Crippen molar-refractivity contribution in [2.24, 2.45) is 10.8 Å². The van der Waals surface area contributed by atoms with Crippen molar-refractivity contribution in [1.82, 2.24) is 15.0 Å². The fraction of sp³-hybridized carbons (Fsp3) is 0.486. The van der Waals surface area contributed by atoms with E-state index in [1.807, 2.05) is 22.9 Å². The molecule has 0 saturated carbocycles. The molecule has 1 aromatic heterocycles. The summed E-state index contributed by atoms with van der Waals surface area (Å²) in [7, 11) is 0. The lowest BCUT2D eigenvalue weighted by Crippen LogP contribution is -2.26. The number of benzene rings is 3. The van der Waals surface area contributed by atoms with E-state index in [2.05, 4.69) is 139 Å². The van der Waals surface area contributed by atoms with Crippen molar-refractivity contribution in [3.8, 4) is 0 Å². The number of rotatable bonds is 8. The first-order chi connectivity index (χ1) is 18.0. The third-order valence-corrected chi connectivity index (χ3v) is 7.56. The normalized spacial score (nSPS) is 13.2. The van der Waals surface area contributed by atoms with Crippen LogP contribution in [0.15, 0.2) is 72.8 Å². The highest BCUT2D eigenvalue weighted by Crippen LogP contribution is 2.39. The molecular formula is C35H48N4. The van der Waals surface area contributed by atoms with Crippen molar-refractivity contribution >= 4 is 22.4 Å². The molecule has 0 N–H and O–H groups in total. The molecule has 1 heterocycles. The Kier molecular flexibility index (Phi) is 7.73. The van der Waals surface area contributed by atoms with Crippen molar-refractivity contribution in [3.63, 3.8) is 0 Å². The molecule has 4 aromatic rings. The van der Waals surface area contributed by atoms with Gasteiger partial charge in [-0.2, -0.15) is 0 Å². The molecule has 0 saturated heterocycles. The fourth-order valence-electron chi connectivity index (χ4n) is 6.51. The van der Waals surface area contributed by atoms with Crippen LogP contribution < -0.4 is 4.90 Å². The zero-order valence-corrected chi connectivity index (χ0v) is 25.8. The van der Waals surface area contributed by atoms with Crippen LogP contribution in [0.5, 0.6) is 0 Å². The summed E-state index contributed by atoms with van der Waals surface area (Å²) in [6.45, 7) is 23.9. The second-order valence-corrected chi connectivity index (χ2v) is 15.0. The average molecular weight is 525 g/mol. The lowest BCUT2D eigenvalue weighted by molar-refractivity contribution is 0.283. The number of para-hydroxylation sites is 1. The first-order valence-electron chi connectivity index (χ1n) is 14.3. The molecule has 4 rings (SSSR count). The molecule has 4 nitrogen and oxygen atoms in total. The summed E-state index contributed by atoms with van der Waals surface area (Å²) >= 11 is 0. The Hall–Kier alpha value is -3.14. The van der Waals surface area contributed by atoms with Crippen LogP contribution in [-0.4, -0.2) is 15.0 Å². The molecule has 0 fully saturated rings. The number of aromatic nitrogens is 3. The van der Waals surface area contributed by atoms with E-state index in [9.17, 15) is 0 Å². The monoisotopic (exact) mass is 524 g/mol. The Labute approximate surface area is 236 Å². The van der Waals surface area contributed by atoms with Crippen LogP contribution in [0.4, 0.5) is 11.4 Å². The van der Waals surface area contributed by atoms with Crippen LogP contribution in [-0.2, 0) is 17.5 Å². The summed E-state index contributed by atoms with van der Waals surface area (Å²) in [6.07, 6.45) is 2.25. The van der Waals surface area contributed by atoms with Crippen molar-refractivity contribution in [2.75, 3.05) is 4.90 Å². The second-order valence-electron chi connectivity index (χ2n) is 15.0. The minimum atomic E-state index is 0.101. The van der Waals surface area contributed by atoms with Gasteiger partial charge >= 0.3 is 0 Å². The standard InChI is InChI=1S/C35H48N4/c1-32(2,3)23-34(7,8)26-15-19-28(20-16-26)38(25-39-31-14-12-11-13-30(31)36-37-39)29-21-17-27(18-22-29)35(9,10)24-33(4,5)6/h11-22H,23-25H2,1-10H3. The first kappa shape index (κ1) is 28.9. The number of hydrogen-bond donors (Lipinski definition) is 0. The Bertz CT molecular complexity index is 1310. The van der Waals surface area contributed by atoms with Crippen molar-refractivity contribution in [1.29, 1.82) is 0 Å². The maximum Gasteiger partial charge on any atom is 0.119 e. The number of fused-ring (bicyclic) bond motifs is 1. The van der Waals surface area contributed by atoms with Crippen molar-refractivity contribution < 1.29 is 0 Å². The van der Waals surface area contributed by atoms with E-state index in [1.54, 1.807) is 0 Å². The van der Waals surface area contributed by atoms with E-state index in [0.29, 0.717) is 6.67 Å². The second kappa shape index (κ2) is 10.4. The topological polar surface area (TPSA) is 34.0 Å². The van der Waals surface area contributed by atoms with Gasteiger partial charge in [-0.25, -0.2) is 4.68 Å². The Morgan fingerprint density at radius 2 is 1.03 bits per heavy atom. The Morgan fingerprint density at radius 1 is 0.590 bits per heavy atom. The van der Waals surface area contributed by atoms with E-state index in [0.717, 1.165) is 35.2 Å². The summed E-state index contributed by atoms with van der Waals surface area (Å²) in [4.78, 5) is 2.34. The van der Waals surface area contributed by atoms with E-state index in [4.69, 9.17) is 0 Å². The smallest absolute Gasteiger partial charge is 0.119 e. The third-order valence-electron chi connectivity index (χ3n) is 7.56. The molecule has 0 aliphatic carbocycles. The van der Waals surface area contributed by atoms with Gasteiger partial charge in [0.05, 0.1) is 5.52 Å². The third kappa shape index (κ3) is 7.09. The average Bonchev–Trinajstić information content (AvgIpc) is 3.23. The Balaban J connectivity index is 1.70. The molecule has 0 aliphatic rings. The van der Waals surface area contributed by atoms with E-state index in [1.165, 1.54) is 11.1 Å². The Morgan fingerprint density at radius 3 is 1.46 bits per heavy atom. The van der Waals surface area contributed by atoms with Gasteiger partial charge in [-0.05, 0) is 82.0 Å². The first-order valence-corrected chi connectivity index (χ1v) is 14.3. The lowest BCUT2D eigenvalue weighted by atomic mass is 9.72. The van der Waals surface area contributed by atoms with Gasteiger partial charge in [0, 0.05) is 11.4 Å². The highest BCUT2D eigenvalue weighted by Gasteiger charge is 2.29. The van der Waals surface area contributed by atoms with Gasteiger partial charge in [0.2, 0.25) is 0 Å². The predicted octanol–water partition coefficient (Wildman–Crippen LogP) is 9.65. The summed E-state index contributed by atoms with van der Waals surface area (Å²) in [5.41, 5.74) is 7.71. The molecule has 39 heavy (non-hydrogen) atoms. The van der Waals surface area contributed by atoms with Crippen molar-refractivity contribution in [3.05, 3.63) is 83.9 Å². The summed E-state index contributed by atoms with van der Waals surface area (Å²) < 4.78 is 1.99. The highest BCUT2D eigenvalue weighted by atomic mass is 15.5. The van der Waals surface area contributed by atoms with Gasteiger partial charge in [-0.1, -0.05) is 111 Å². The van der Waals surface area contributed by atoms with Crippen LogP contribution in [0.25, 0.3) is 11.0 Å². The molecule has 0 bridgehead atoms. The summed E-state index contributed by atoms with van der Waals surface area (Å²) in [6, 6.07) is 26.4. The zero-order valence-electron chi connectivity index (χ0n) is 25.8. The van der Waals surface area contributed by atoms with Gasteiger partial charge in [0.15, 0.2) is 0 Å². The molecular weight excluding hydrogens is 476 g/mol. The number of anilines is 2. The minimum absolute atomic E-state index is 0.101. The van der Waals surface area contributed by atoms with Gasteiger partial charge < -0.3 is 4.90 Å². The van der Waals surface area contributed by atoms with E-state index < -0.39 is 0 Å². The molecule has 0 atom stereocenters. The maximum atomic E-state index is 4.51. The summed E-state index contributed by atoms with van der Waals surface area (Å²) in [5, 5.41) is 8.91. The SMILES string of the molecule is CC(C)(C)CC(C)(C)c1ccc(N(Cn2nnc3ccccc32)c2ccc(C(C)(C)CC(C)(C)C)cc2)cc1. The number of nitrogens with zero attached hydrogens (tertiary/aromatic N) is 4. The van der Waals surface area contributed by atoms with Crippen LogP contribution in [0, 0.1) is 10.8 Å². The predicted molar refractivity (Wildman–Crippen MR) is 167 cm³/mol. The highest BCUT2D eigenvalue weighted by molar-refractivity contribution is 5.74. The van der Waals surface area contributed by atoms with E-state index in [-0.39, 0.29) is 21.7 Å². The molecule has 4 heteroatoms. The fourth-order valence-corrected chi connectivity index (χ4v) is 6.51. The van der Waals surface area contributed by atoms with Crippen LogP contribution in [0.3, 0.4) is 0 Å². The molecule has 3 aromatic carbocycles. The van der Waals surface area contributed by atoms with Gasteiger partial charge in [-0.15, -0.1) is 5.10 Å². The van der Waals surface area contributed by atoms with Crippen LogP contribution in [0.1, 0.15) is 93.2 Å². The van der Waals surface area contributed by atoms with Gasteiger partial charge in [0.25, 0.3) is 0 Å². The maximum absolute atomic E-state index is 4.51. The minimum Gasteiger partial charge on any atom is -0.321 e. The summed E-state index contributed by atoms with van der Waals surface area (Å²) in [5.74, 6) is 0. The largest absolute Gasteiger partial charge is 0.321 e. The molecule has 208 valence electrons. The van der Waals surface area contributed by atoms with E-state index >= 15 is 0 Å². The quantitative estimate of drug-likeness (QED) is 0.230.